The molecular weight excluding hydrogens is 644 g/mol. The summed E-state index contributed by atoms with van der Waals surface area (Å²) in [6, 6.07) is 0.0915. The SMILES string of the molecule is CC(C)(ON=C(C(=O)N[C@@H]1C(=O)N2C(C(=O)[O-])=C(C[N+](C)(C)Cc3cc(=O)c(O)c[nH]3)CS[C@@H]12)c1nsc(N)n1)C(=O)O.Cl. The highest BCUT2D eigenvalue weighted by Crippen LogP contribution is 2.40. The number of hydrogen-bond donors (Lipinski definition) is 5. The quantitative estimate of drug-likeness (QED) is 0.0765. The van der Waals surface area contributed by atoms with Crippen molar-refractivity contribution in [2.45, 2.75) is 37.4 Å². The molecule has 0 saturated carbocycles. The van der Waals surface area contributed by atoms with Crippen LogP contribution in [0.25, 0.3) is 0 Å². The Morgan fingerprint density at radius 1 is 1.32 bits per heavy atom. The molecule has 4 rings (SSSR count). The number of carbonyl (C=O) groups excluding carboxylic acids is 3. The second-order valence-electron chi connectivity index (χ2n) is 10.9. The van der Waals surface area contributed by atoms with Crippen molar-refractivity contribution in [1.82, 2.24) is 24.6 Å². The van der Waals surface area contributed by atoms with Gasteiger partial charge in [-0.3, -0.25) is 19.3 Å². The summed E-state index contributed by atoms with van der Waals surface area (Å²) in [5.74, 6) is -5.10. The first-order chi connectivity index (χ1) is 20.0. The molecule has 6 N–H and O–H groups in total. The minimum absolute atomic E-state index is 0. The molecule has 0 aliphatic carbocycles. The molecule has 2 aromatic rings. The molecule has 2 aromatic heterocycles. The van der Waals surface area contributed by atoms with E-state index in [1.54, 1.807) is 14.1 Å². The first-order valence-corrected chi connectivity index (χ1v) is 14.3. The van der Waals surface area contributed by atoms with Gasteiger partial charge in [-0.2, -0.15) is 9.36 Å². The number of likely N-dealkylation sites (N-methyl/N-ethyl adjacent to an activating group) is 1. The Hall–Kier alpha value is -4.20. The van der Waals surface area contributed by atoms with Crippen molar-refractivity contribution in [3.8, 4) is 5.75 Å². The maximum Gasteiger partial charge on any atom is 0.350 e. The number of hydrogen-bond acceptors (Lipinski definition) is 14. The second-order valence-corrected chi connectivity index (χ2v) is 12.8. The van der Waals surface area contributed by atoms with Crippen molar-refractivity contribution in [2.24, 2.45) is 5.16 Å². The predicted octanol–water partition coefficient (Wildman–Crippen LogP) is -1.80. The number of thioether (sulfide) groups is 1. The van der Waals surface area contributed by atoms with Gasteiger partial charge in [-0.25, -0.2) is 4.79 Å². The lowest BCUT2D eigenvalue weighted by Gasteiger charge is -2.51. The van der Waals surface area contributed by atoms with Crippen LogP contribution in [0.15, 0.2) is 33.5 Å². The number of oxime groups is 1. The molecule has 0 unspecified atom stereocenters. The standard InChI is InChI=1S/C24H28N8O9S2.ClH/c1-24(2,22(39)40)41-29-14(17-28-23(25)43-30-17)18(35)27-15-19(36)31-16(21(37)38)10(9-42-20(15)31)7-32(3,4)8-11-5-12(33)13(34)6-26-11;/h5-6,15,20H,7-9H2,1-4H3,(H6-,25,26,27,28,29,30,33,34,35,37,38,39,40);1H/t15-,20+;/m1./s1. The Bertz CT molecular complexity index is 1620. The lowest BCUT2D eigenvalue weighted by atomic mass is 10.0. The summed E-state index contributed by atoms with van der Waals surface area (Å²) >= 11 is 1.98. The van der Waals surface area contributed by atoms with E-state index in [0.29, 0.717) is 11.3 Å². The van der Waals surface area contributed by atoms with Crippen molar-refractivity contribution < 1.29 is 43.8 Å². The number of carboxylic acid groups (broad SMARTS) is 2. The molecule has 4 heterocycles. The fraction of sp³-hybridized carbons (Fsp3) is 0.417. The van der Waals surface area contributed by atoms with Crippen molar-refractivity contribution in [3.05, 3.63) is 45.3 Å². The lowest BCUT2D eigenvalue weighted by molar-refractivity contribution is -0.899. The highest BCUT2D eigenvalue weighted by Gasteiger charge is 2.53. The zero-order valence-electron chi connectivity index (χ0n) is 23.7. The highest BCUT2D eigenvalue weighted by atomic mass is 35.5. The van der Waals surface area contributed by atoms with E-state index in [1.807, 2.05) is 0 Å². The summed E-state index contributed by atoms with van der Waals surface area (Å²) in [7, 11) is 3.60. The van der Waals surface area contributed by atoms with E-state index in [0.717, 1.165) is 16.4 Å². The van der Waals surface area contributed by atoms with Gasteiger partial charge in [-0.15, -0.1) is 24.2 Å². The predicted molar refractivity (Wildman–Crippen MR) is 157 cm³/mol. The van der Waals surface area contributed by atoms with Crippen LogP contribution in [0.5, 0.6) is 5.75 Å². The van der Waals surface area contributed by atoms with Crippen LogP contribution >= 0.6 is 35.7 Å². The number of nitrogen functional groups attached to an aromatic ring is 1. The smallest absolute Gasteiger partial charge is 0.350 e. The molecule has 238 valence electrons. The van der Waals surface area contributed by atoms with Gasteiger partial charge in [-0.1, -0.05) is 5.16 Å². The number of amides is 2. The Morgan fingerprint density at radius 2 is 2.00 bits per heavy atom. The molecule has 0 aromatic carbocycles. The monoisotopic (exact) mass is 672 g/mol. The summed E-state index contributed by atoms with van der Waals surface area (Å²) in [6.07, 6.45) is 1.17. The van der Waals surface area contributed by atoms with Crippen LogP contribution in [0.4, 0.5) is 5.13 Å². The topological polar surface area (TPSA) is 253 Å². The Balaban J connectivity index is 0.00000529. The summed E-state index contributed by atoms with van der Waals surface area (Å²) in [5.41, 5.74) is 3.33. The number of quaternary nitrogens is 1. The number of β-lactam (4-membered cyclic amide) rings is 1. The van der Waals surface area contributed by atoms with Crippen LogP contribution in [0.2, 0.25) is 0 Å². The normalized spacial score (nSPS) is 18.6. The third kappa shape index (κ3) is 7.12. The number of carbonyl (C=O) groups is 4. The van der Waals surface area contributed by atoms with Gasteiger partial charge in [0.2, 0.25) is 22.6 Å². The molecule has 44 heavy (non-hydrogen) atoms. The maximum absolute atomic E-state index is 13.2. The Morgan fingerprint density at radius 3 is 2.57 bits per heavy atom. The van der Waals surface area contributed by atoms with Crippen molar-refractivity contribution in [3.63, 3.8) is 0 Å². The number of nitrogens with zero attached hydrogens (tertiary/aromatic N) is 5. The highest BCUT2D eigenvalue weighted by molar-refractivity contribution is 8.00. The van der Waals surface area contributed by atoms with E-state index >= 15 is 0 Å². The molecule has 17 nitrogen and oxygen atoms in total. The molecule has 20 heteroatoms. The summed E-state index contributed by atoms with van der Waals surface area (Å²) in [6.45, 7) is 2.87. The molecule has 2 amide bonds. The number of nitrogens with one attached hydrogen (secondary N) is 2. The van der Waals surface area contributed by atoms with E-state index in [2.05, 4.69) is 24.8 Å². The lowest BCUT2D eigenvalue weighted by Crippen LogP contribution is -2.71. The number of rotatable bonds is 11. The molecular formula is C24H29ClN8O9S2. The number of aliphatic carboxylic acids is 2. The van der Waals surface area contributed by atoms with E-state index in [9.17, 15) is 39.3 Å². The van der Waals surface area contributed by atoms with Crippen LogP contribution in [0, 0.1) is 0 Å². The number of aromatic amines is 1. The minimum Gasteiger partial charge on any atom is -0.543 e. The second kappa shape index (κ2) is 12.8. The number of carboxylic acids is 2. The van der Waals surface area contributed by atoms with Gasteiger partial charge in [0.25, 0.3) is 11.8 Å². The van der Waals surface area contributed by atoms with Gasteiger partial charge in [0.15, 0.2) is 10.9 Å². The molecule has 2 aliphatic rings. The maximum atomic E-state index is 13.2. The minimum atomic E-state index is -1.82. The van der Waals surface area contributed by atoms with Crippen molar-refractivity contribution in [1.29, 1.82) is 0 Å². The number of halogens is 1. The zero-order chi connectivity index (χ0) is 31.9. The van der Waals surface area contributed by atoms with E-state index in [-0.39, 0.29) is 52.4 Å². The molecule has 0 radical (unpaired) electrons. The van der Waals surface area contributed by atoms with Crippen molar-refractivity contribution in [2.75, 3.05) is 32.1 Å². The van der Waals surface area contributed by atoms with Gasteiger partial charge < -0.3 is 45.5 Å². The summed E-state index contributed by atoms with van der Waals surface area (Å²) < 4.78 is 4.10. The Labute approximate surface area is 263 Å². The van der Waals surface area contributed by atoms with E-state index in [4.69, 9.17) is 10.6 Å². The average molecular weight is 673 g/mol. The molecule has 1 saturated heterocycles. The fourth-order valence-corrected chi connectivity index (χ4v) is 6.12. The largest absolute Gasteiger partial charge is 0.543 e. The van der Waals surface area contributed by atoms with Gasteiger partial charge in [0.1, 0.15) is 24.5 Å². The van der Waals surface area contributed by atoms with Crippen LogP contribution < -0.4 is 21.6 Å². The number of pyridine rings is 1. The zero-order valence-corrected chi connectivity index (χ0v) is 26.2. The molecule has 0 spiro atoms. The van der Waals surface area contributed by atoms with Gasteiger partial charge in [0.05, 0.1) is 31.5 Å². The first kappa shape index (κ1) is 34.3. The number of anilines is 1. The first-order valence-electron chi connectivity index (χ1n) is 12.5. The van der Waals surface area contributed by atoms with E-state index < -0.39 is 57.7 Å². The van der Waals surface area contributed by atoms with Crippen LogP contribution in [0.3, 0.4) is 0 Å². The fourth-order valence-electron chi connectivity index (χ4n) is 4.35. The number of fused-ring (bicyclic) bond motifs is 1. The number of aromatic nitrogens is 3. The molecule has 2 atom stereocenters. The van der Waals surface area contributed by atoms with E-state index in [1.165, 1.54) is 37.9 Å². The van der Waals surface area contributed by atoms with Crippen molar-refractivity contribution >= 4 is 70.3 Å². The van der Waals surface area contributed by atoms with Crippen LogP contribution in [-0.2, 0) is 30.6 Å². The third-order valence-corrected chi connectivity index (χ3v) is 8.33. The molecule has 1 fully saturated rings. The average Bonchev–Trinajstić information content (AvgIpc) is 3.34. The number of nitrogens with two attached hydrogens (primary N) is 1. The van der Waals surface area contributed by atoms with Crippen LogP contribution in [0.1, 0.15) is 25.4 Å². The summed E-state index contributed by atoms with van der Waals surface area (Å²) in [4.78, 5) is 74.7. The van der Waals surface area contributed by atoms with Crippen LogP contribution in [-0.4, -0.2) is 107 Å². The molecule has 0 bridgehead atoms. The Kier molecular flexibility index (Phi) is 9.98. The van der Waals surface area contributed by atoms with Gasteiger partial charge in [-0.05, 0) is 13.8 Å². The summed E-state index contributed by atoms with van der Waals surface area (Å²) in [5, 5.41) is 36.4. The van der Waals surface area contributed by atoms with Gasteiger partial charge >= 0.3 is 5.97 Å². The number of H-pyrrole nitrogens is 1. The molecule has 2 aliphatic heterocycles. The third-order valence-electron chi connectivity index (χ3n) is 6.45. The number of aromatic hydroxyl groups is 1. The van der Waals surface area contributed by atoms with Gasteiger partial charge in [0, 0.05) is 35.1 Å².